The van der Waals surface area contributed by atoms with Crippen molar-refractivity contribution in [3.05, 3.63) is 32.6 Å². The number of ether oxygens (including phenoxy) is 3. The smallest absolute Gasteiger partial charge is 0.595 e. The van der Waals surface area contributed by atoms with Crippen LogP contribution in [0.3, 0.4) is 0 Å². The molecule has 1 aromatic heterocycles. The molecule has 2 unspecified atom stereocenters. The van der Waals surface area contributed by atoms with Gasteiger partial charge in [-0.05, 0) is 11.5 Å². The zero-order valence-electron chi connectivity index (χ0n) is 17.6. The van der Waals surface area contributed by atoms with Crippen LogP contribution in [0.5, 0.6) is 0 Å². The maximum Gasteiger partial charge on any atom is 0.595 e. The molecule has 6 N–H and O–H groups in total. The fourth-order valence-electron chi connectivity index (χ4n) is 2.88. The summed E-state index contributed by atoms with van der Waals surface area (Å²) in [6, 6.07) is -1.43. The van der Waals surface area contributed by atoms with Crippen LogP contribution < -0.4 is 27.1 Å². The van der Waals surface area contributed by atoms with Crippen LogP contribution in [-0.2, 0) is 32.9 Å². The monoisotopic (exact) mass is 481 g/mol. The number of H-pyrrole nitrogens is 1. The number of hydrogen-bond acceptors (Lipinski definition) is 12. The molecule has 1 radical (unpaired) electrons. The molecule has 1 saturated heterocycles. The minimum Gasteiger partial charge on any atom is -0.611 e. The number of aliphatic hydroxyl groups is 1. The third-order valence-corrected chi connectivity index (χ3v) is 6.09. The molecule has 0 saturated carbocycles. The number of rotatable bonds is 10. The van der Waals surface area contributed by atoms with Gasteiger partial charge in [-0.2, -0.15) is 10.4 Å². The van der Waals surface area contributed by atoms with Gasteiger partial charge >= 0.3 is 25.7 Å². The first-order valence-corrected chi connectivity index (χ1v) is 10.8. The lowest BCUT2D eigenvalue weighted by molar-refractivity contribution is -0.652. The lowest BCUT2D eigenvalue weighted by Gasteiger charge is -2.25. The molecule has 16 heteroatoms. The Kier molecular flexibility index (Phi) is 9.00. The first-order valence-electron chi connectivity index (χ1n) is 9.30. The third kappa shape index (κ3) is 6.40. The van der Waals surface area contributed by atoms with Gasteiger partial charge in [-0.1, -0.05) is 0 Å². The highest BCUT2D eigenvalue weighted by Gasteiger charge is 2.47. The van der Waals surface area contributed by atoms with Crippen LogP contribution >= 0.6 is 8.09 Å². The molecule has 2 rings (SSSR count). The molecule has 0 aliphatic carbocycles. The number of aryl methyl sites for hydroxylation is 1. The summed E-state index contributed by atoms with van der Waals surface area (Å²) < 4.78 is 25.6. The summed E-state index contributed by atoms with van der Waals surface area (Å²) in [6.45, 7) is 1.01. The Bertz CT molecular complexity index is 937. The minimum absolute atomic E-state index is 0.0183. The second kappa shape index (κ2) is 11.1. The molecule has 0 amide bonds. The zero-order chi connectivity index (χ0) is 24.1. The standard InChI is InChI=1S/C16H25N4O11P/c1-8-6-20(16(25)18-14(8)23)12-5-10(21)11(30-12)7-29-32(26,31-17)19-9(15(24)28-3)4-13(22)27-2/h6,9-12,21H,4-5,7H2,1-3,17H3,(H-,18,19,23,25,26)/q+1/p+1/t9?,10-,11-,12-,32?/m1/s1. The number of esters is 2. The number of quaternary nitrogens is 1. The molecule has 15 nitrogen and oxygen atoms in total. The van der Waals surface area contributed by atoms with Crippen molar-refractivity contribution < 1.29 is 48.8 Å². The quantitative estimate of drug-likeness (QED) is 0.110. The fourth-order valence-corrected chi connectivity index (χ4v) is 4.03. The molecule has 32 heavy (non-hydrogen) atoms. The second-order valence-electron chi connectivity index (χ2n) is 6.82. The molecule has 0 aromatic carbocycles. The van der Waals surface area contributed by atoms with E-state index < -0.39 is 68.8 Å². The Balaban J connectivity index is 2.07. The van der Waals surface area contributed by atoms with Crippen LogP contribution in [0.25, 0.3) is 0 Å². The number of carbonyl (C=O) groups is 2. The van der Waals surface area contributed by atoms with Gasteiger partial charge < -0.3 is 24.2 Å². The van der Waals surface area contributed by atoms with E-state index in [9.17, 15) is 29.2 Å². The van der Waals surface area contributed by atoms with Crippen molar-refractivity contribution in [2.75, 3.05) is 20.8 Å². The van der Waals surface area contributed by atoms with Crippen LogP contribution in [0, 0.1) is 6.92 Å². The first kappa shape index (κ1) is 26.0. The van der Waals surface area contributed by atoms with Crippen LogP contribution in [-0.4, -0.2) is 65.7 Å². The van der Waals surface area contributed by atoms with Crippen LogP contribution in [0.15, 0.2) is 15.8 Å². The van der Waals surface area contributed by atoms with E-state index in [2.05, 4.69) is 30.1 Å². The summed E-state index contributed by atoms with van der Waals surface area (Å²) >= 11 is 0. The van der Waals surface area contributed by atoms with Gasteiger partial charge in [0.15, 0.2) is 7.11 Å². The molecule has 1 aliphatic rings. The van der Waals surface area contributed by atoms with E-state index in [1.54, 1.807) is 0 Å². The van der Waals surface area contributed by atoms with Crippen molar-refractivity contribution in [1.82, 2.24) is 14.6 Å². The van der Waals surface area contributed by atoms with Gasteiger partial charge in [0.25, 0.3) is 5.56 Å². The molecule has 2 heterocycles. The SMILES string of the molecule is COC(=O)CC(N[P+]([O-])(O[NH3+])OC[C@H]1O[C@@H](n2cc(C)c(=O)[nH]c2=O)C[C@H]1O)C(=[O+])OC. The fraction of sp³-hybridized carbons (Fsp3) is 0.625. The third-order valence-electron chi connectivity index (χ3n) is 4.64. The molecule has 1 aromatic rings. The van der Waals surface area contributed by atoms with Gasteiger partial charge in [0, 0.05) is 18.2 Å². The average Bonchev–Trinajstić information content (AvgIpc) is 3.13. The number of aromatic nitrogens is 2. The van der Waals surface area contributed by atoms with Gasteiger partial charge in [-0.15, -0.1) is 5.09 Å². The van der Waals surface area contributed by atoms with Gasteiger partial charge in [0.05, 0.1) is 24.4 Å². The Morgan fingerprint density at radius 1 is 1.50 bits per heavy atom. The molecule has 1 fully saturated rings. The normalized spacial score (nSPS) is 23.4. The van der Waals surface area contributed by atoms with Crippen molar-refractivity contribution in [3.8, 4) is 0 Å². The predicted octanol–water partition coefficient (Wildman–Crippen LogP) is -3.58. The molecule has 0 bridgehead atoms. The molecule has 179 valence electrons. The van der Waals surface area contributed by atoms with Gasteiger partial charge in [0.1, 0.15) is 18.9 Å². The second-order valence-corrected chi connectivity index (χ2v) is 8.59. The average molecular weight is 481 g/mol. The number of aromatic amines is 1. The van der Waals surface area contributed by atoms with E-state index in [0.717, 1.165) is 18.8 Å². The highest BCUT2D eigenvalue weighted by atomic mass is 31.2. The molecular formula is C16H26N4O11P+2. The van der Waals surface area contributed by atoms with Crippen LogP contribution in [0.2, 0.25) is 0 Å². The molecule has 0 spiro atoms. The lowest BCUT2D eigenvalue weighted by Crippen LogP contribution is -2.56. The molecular weight excluding hydrogens is 455 g/mol. The van der Waals surface area contributed by atoms with Crippen molar-refractivity contribution in [2.24, 2.45) is 0 Å². The van der Waals surface area contributed by atoms with Crippen molar-refractivity contribution >= 4 is 20.0 Å². The highest BCUT2D eigenvalue weighted by Crippen LogP contribution is 2.47. The Hall–Kier alpha value is -2.23. The summed E-state index contributed by atoms with van der Waals surface area (Å²) in [6.07, 6.45) is -2.34. The summed E-state index contributed by atoms with van der Waals surface area (Å²) in [5.74, 6) is 1.33. The lowest BCUT2D eigenvalue weighted by atomic mass is 10.2. The number of methoxy groups -OCH3 is 2. The first-order chi connectivity index (χ1) is 15.0. The van der Waals surface area contributed by atoms with E-state index in [4.69, 9.17) is 9.26 Å². The van der Waals surface area contributed by atoms with E-state index in [1.807, 2.05) is 0 Å². The van der Waals surface area contributed by atoms with Crippen molar-refractivity contribution in [3.63, 3.8) is 0 Å². The number of nitrogens with zero attached hydrogens (tertiary/aromatic N) is 1. The van der Waals surface area contributed by atoms with Gasteiger partial charge in [-0.25, -0.2) is 4.79 Å². The number of carbonyl (C=O) groups excluding carboxylic acids is 2. The predicted molar refractivity (Wildman–Crippen MR) is 103 cm³/mol. The number of nitrogens with one attached hydrogen (secondary N) is 2. The van der Waals surface area contributed by atoms with E-state index in [-0.39, 0.29) is 12.0 Å². The number of hydrogen-bond donors (Lipinski definition) is 4. The molecule has 1 aliphatic heterocycles. The van der Waals surface area contributed by atoms with Crippen LogP contribution in [0.1, 0.15) is 24.6 Å². The molecule has 5 atom stereocenters. The summed E-state index contributed by atoms with van der Waals surface area (Å²) in [5.41, 5.74) is -1.01. The van der Waals surface area contributed by atoms with Gasteiger partial charge in [0.2, 0.25) is 6.04 Å². The zero-order valence-corrected chi connectivity index (χ0v) is 18.5. The Labute approximate surface area is 182 Å². The van der Waals surface area contributed by atoms with E-state index >= 15 is 0 Å². The van der Waals surface area contributed by atoms with Crippen molar-refractivity contribution in [2.45, 2.75) is 44.2 Å². The Morgan fingerprint density at radius 3 is 2.78 bits per heavy atom. The number of aliphatic hydroxyl groups excluding tert-OH is 1. The highest BCUT2D eigenvalue weighted by molar-refractivity contribution is 7.56. The largest absolute Gasteiger partial charge is 0.611 e. The maximum atomic E-state index is 12.8. The minimum atomic E-state index is -4.26. The topological polar surface area (TPSA) is 221 Å². The maximum absolute atomic E-state index is 12.8. The van der Waals surface area contributed by atoms with Crippen molar-refractivity contribution in [1.29, 1.82) is 0 Å². The summed E-state index contributed by atoms with van der Waals surface area (Å²) in [4.78, 5) is 61.9. The van der Waals surface area contributed by atoms with Gasteiger partial charge in [-0.3, -0.25) is 19.1 Å². The van der Waals surface area contributed by atoms with E-state index in [1.165, 1.54) is 13.1 Å². The summed E-state index contributed by atoms with van der Waals surface area (Å²) in [7, 11) is -2.09. The summed E-state index contributed by atoms with van der Waals surface area (Å²) in [5, 5.41) is 12.5. The van der Waals surface area contributed by atoms with E-state index in [0.29, 0.717) is 0 Å². The Morgan fingerprint density at radius 2 is 2.19 bits per heavy atom. The van der Waals surface area contributed by atoms with Crippen LogP contribution in [0.4, 0.5) is 0 Å².